The highest BCUT2D eigenvalue weighted by Gasteiger charge is 2.27. The summed E-state index contributed by atoms with van der Waals surface area (Å²) < 4.78 is 21.3. The van der Waals surface area contributed by atoms with Gasteiger partial charge in [-0.05, 0) is 19.1 Å². The summed E-state index contributed by atoms with van der Waals surface area (Å²) in [5.41, 5.74) is 8.17. The van der Waals surface area contributed by atoms with Crippen molar-refractivity contribution in [3.05, 3.63) is 29.1 Å². The first-order chi connectivity index (χ1) is 12.6. The number of H-pyrrole nitrogens is 1. The lowest BCUT2D eigenvalue weighted by atomic mass is 9.98. The lowest BCUT2D eigenvalue weighted by Gasteiger charge is -2.17. The first-order valence-electron chi connectivity index (χ1n) is 8.08. The number of rotatable bonds is 8. The van der Waals surface area contributed by atoms with E-state index in [9.17, 15) is 9.90 Å². The molecule has 0 bridgehead atoms. The highest BCUT2D eigenvalue weighted by atomic mass is 16.5. The molecule has 2 rings (SSSR count). The standard InChI is InChI=1S/C18H24N2O6/c1-5-26-18(22)15-11(9-21)14(12(8-19)20-15)10-6-7-13(23-2)17(25-4)16(10)24-3/h6-7,20-21H,5,8-9,19H2,1-4H3. The van der Waals surface area contributed by atoms with Gasteiger partial charge in [0.1, 0.15) is 5.69 Å². The third-order valence-corrected chi connectivity index (χ3v) is 4.00. The largest absolute Gasteiger partial charge is 0.493 e. The first-order valence-corrected chi connectivity index (χ1v) is 8.08. The summed E-state index contributed by atoms with van der Waals surface area (Å²) in [5, 5.41) is 9.91. The van der Waals surface area contributed by atoms with Crippen molar-refractivity contribution < 1.29 is 28.8 Å². The van der Waals surface area contributed by atoms with E-state index in [0.717, 1.165) is 0 Å². The lowest BCUT2D eigenvalue weighted by molar-refractivity contribution is 0.0516. The van der Waals surface area contributed by atoms with E-state index >= 15 is 0 Å². The number of aromatic amines is 1. The molecule has 2 aromatic rings. The highest BCUT2D eigenvalue weighted by Crippen LogP contribution is 2.46. The Morgan fingerprint density at radius 1 is 1.15 bits per heavy atom. The summed E-state index contributed by atoms with van der Waals surface area (Å²) >= 11 is 0. The van der Waals surface area contributed by atoms with Crippen LogP contribution in [0.2, 0.25) is 0 Å². The molecular formula is C18H24N2O6. The number of aliphatic hydroxyl groups is 1. The number of aliphatic hydroxyl groups excluding tert-OH is 1. The molecule has 0 atom stereocenters. The summed E-state index contributed by atoms with van der Waals surface area (Å²) in [6.45, 7) is 1.67. The van der Waals surface area contributed by atoms with Crippen LogP contribution in [0.25, 0.3) is 11.1 Å². The Morgan fingerprint density at radius 2 is 1.85 bits per heavy atom. The van der Waals surface area contributed by atoms with Crippen LogP contribution in [0.3, 0.4) is 0 Å². The van der Waals surface area contributed by atoms with Crippen LogP contribution < -0.4 is 19.9 Å². The normalized spacial score (nSPS) is 10.5. The van der Waals surface area contributed by atoms with Crippen LogP contribution in [0.15, 0.2) is 12.1 Å². The third-order valence-electron chi connectivity index (χ3n) is 4.00. The maximum atomic E-state index is 12.2. The molecule has 8 nitrogen and oxygen atoms in total. The van der Waals surface area contributed by atoms with Crippen LogP contribution in [0.5, 0.6) is 17.2 Å². The van der Waals surface area contributed by atoms with E-state index < -0.39 is 5.97 Å². The van der Waals surface area contributed by atoms with Crippen LogP contribution in [-0.4, -0.2) is 44.0 Å². The fraction of sp³-hybridized carbons (Fsp3) is 0.389. The second-order valence-electron chi connectivity index (χ2n) is 5.30. The summed E-state index contributed by atoms with van der Waals surface area (Å²) in [6, 6.07) is 3.48. The predicted molar refractivity (Wildman–Crippen MR) is 95.7 cm³/mol. The van der Waals surface area contributed by atoms with Crippen molar-refractivity contribution in [2.75, 3.05) is 27.9 Å². The molecule has 1 aromatic carbocycles. The third kappa shape index (κ3) is 3.33. The zero-order valence-corrected chi connectivity index (χ0v) is 15.3. The molecule has 26 heavy (non-hydrogen) atoms. The summed E-state index contributed by atoms with van der Waals surface area (Å²) in [5.74, 6) is 0.745. The SMILES string of the molecule is CCOC(=O)c1[nH]c(CN)c(-c2ccc(OC)c(OC)c2OC)c1CO. The van der Waals surface area contributed by atoms with Crippen molar-refractivity contribution >= 4 is 5.97 Å². The van der Waals surface area contributed by atoms with Crippen molar-refractivity contribution in [1.82, 2.24) is 4.98 Å². The molecule has 0 aliphatic heterocycles. The molecule has 0 amide bonds. The van der Waals surface area contributed by atoms with Crippen LogP contribution in [0, 0.1) is 0 Å². The number of carbonyl (C=O) groups excluding carboxylic acids is 1. The van der Waals surface area contributed by atoms with Gasteiger partial charge in [0.05, 0.1) is 34.5 Å². The fourth-order valence-electron chi connectivity index (χ4n) is 2.91. The van der Waals surface area contributed by atoms with Crippen molar-refractivity contribution in [2.45, 2.75) is 20.1 Å². The Balaban J connectivity index is 2.77. The number of methoxy groups -OCH3 is 3. The van der Waals surface area contributed by atoms with Crippen LogP contribution in [0.1, 0.15) is 28.7 Å². The monoisotopic (exact) mass is 364 g/mol. The minimum atomic E-state index is -0.558. The number of nitrogens with two attached hydrogens (primary N) is 1. The van der Waals surface area contributed by atoms with E-state index in [1.807, 2.05) is 0 Å². The zero-order valence-electron chi connectivity index (χ0n) is 15.3. The van der Waals surface area contributed by atoms with Crippen molar-refractivity contribution in [3.8, 4) is 28.4 Å². The molecule has 1 heterocycles. The van der Waals surface area contributed by atoms with E-state index in [1.165, 1.54) is 21.3 Å². The molecule has 0 unspecified atom stereocenters. The smallest absolute Gasteiger partial charge is 0.355 e. The van der Waals surface area contributed by atoms with Gasteiger partial charge >= 0.3 is 5.97 Å². The van der Waals surface area contributed by atoms with Crippen LogP contribution in [0.4, 0.5) is 0 Å². The van der Waals surface area contributed by atoms with Gasteiger partial charge in [0, 0.05) is 28.9 Å². The summed E-state index contributed by atoms with van der Waals surface area (Å²) in [4.78, 5) is 15.2. The maximum Gasteiger partial charge on any atom is 0.355 e. The molecule has 0 aliphatic rings. The topological polar surface area (TPSA) is 116 Å². The van der Waals surface area contributed by atoms with Crippen LogP contribution in [-0.2, 0) is 17.9 Å². The Kier molecular flexibility index (Phi) is 6.48. The van der Waals surface area contributed by atoms with Crippen molar-refractivity contribution in [2.24, 2.45) is 5.73 Å². The second kappa shape index (κ2) is 8.59. The quantitative estimate of drug-likeness (QED) is 0.612. The summed E-state index contributed by atoms with van der Waals surface area (Å²) in [7, 11) is 4.53. The first kappa shape index (κ1) is 19.6. The lowest BCUT2D eigenvalue weighted by Crippen LogP contribution is -2.08. The molecule has 0 spiro atoms. The van der Waals surface area contributed by atoms with E-state index in [2.05, 4.69) is 4.98 Å². The van der Waals surface area contributed by atoms with Crippen LogP contribution >= 0.6 is 0 Å². The number of nitrogens with one attached hydrogen (secondary N) is 1. The minimum absolute atomic E-state index is 0.124. The molecule has 142 valence electrons. The number of esters is 1. The molecule has 0 saturated heterocycles. The van der Waals surface area contributed by atoms with E-state index in [1.54, 1.807) is 19.1 Å². The fourth-order valence-corrected chi connectivity index (χ4v) is 2.91. The molecule has 8 heteroatoms. The average molecular weight is 364 g/mol. The Bertz CT molecular complexity index is 784. The van der Waals surface area contributed by atoms with Gasteiger partial charge in [-0.25, -0.2) is 4.79 Å². The van der Waals surface area contributed by atoms with Gasteiger partial charge in [-0.15, -0.1) is 0 Å². The summed E-state index contributed by atoms with van der Waals surface area (Å²) in [6.07, 6.45) is 0. The molecule has 4 N–H and O–H groups in total. The number of aromatic nitrogens is 1. The highest BCUT2D eigenvalue weighted by molar-refractivity contribution is 5.94. The maximum absolute atomic E-state index is 12.2. The molecule has 0 fully saturated rings. The number of carbonyl (C=O) groups is 1. The van der Waals surface area contributed by atoms with Gasteiger partial charge in [0.2, 0.25) is 5.75 Å². The van der Waals surface area contributed by atoms with Gasteiger partial charge in [0.15, 0.2) is 11.5 Å². The van der Waals surface area contributed by atoms with Gasteiger partial charge in [-0.1, -0.05) is 0 Å². The van der Waals surface area contributed by atoms with Gasteiger partial charge in [0.25, 0.3) is 0 Å². The van der Waals surface area contributed by atoms with Gasteiger partial charge < -0.3 is 34.8 Å². The minimum Gasteiger partial charge on any atom is -0.493 e. The Labute approximate surface area is 151 Å². The zero-order chi connectivity index (χ0) is 19.3. The van der Waals surface area contributed by atoms with E-state index in [-0.39, 0.29) is 25.5 Å². The number of benzene rings is 1. The Morgan fingerprint density at radius 3 is 2.35 bits per heavy atom. The molecule has 0 radical (unpaired) electrons. The van der Waals surface area contributed by atoms with E-state index in [0.29, 0.717) is 39.6 Å². The van der Waals surface area contributed by atoms with Crippen molar-refractivity contribution in [1.29, 1.82) is 0 Å². The van der Waals surface area contributed by atoms with E-state index in [4.69, 9.17) is 24.7 Å². The van der Waals surface area contributed by atoms with Gasteiger partial charge in [-0.3, -0.25) is 0 Å². The predicted octanol–water partition coefficient (Wildman–Crippen LogP) is 1.84. The average Bonchev–Trinajstić information content (AvgIpc) is 3.05. The second-order valence-corrected chi connectivity index (χ2v) is 5.30. The Hall–Kier alpha value is -2.71. The van der Waals surface area contributed by atoms with Gasteiger partial charge in [-0.2, -0.15) is 0 Å². The number of hydrogen-bond donors (Lipinski definition) is 3. The number of ether oxygens (including phenoxy) is 4. The molecule has 1 aromatic heterocycles. The molecular weight excluding hydrogens is 340 g/mol. The number of hydrogen-bond acceptors (Lipinski definition) is 7. The molecule has 0 saturated carbocycles. The van der Waals surface area contributed by atoms with Crippen molar-refractivity contribution in [3.63, 3.8) is 0 Å². The molecule has 0 aliphatic carbocycles.